The normalized spacial score (nSPS) is 9.73. The number of anilines is 1. The molecule has 82 valence electrons. The van der Waals surface area contributed by atoms with Crippen LogP contribution in [0.2, 0.25) is 0 Å². The molecule has 0 saturated carbocycles. The van der Waals surface area contributed by atoms with Crippen molar-refractivity contribution < 1.29 is 4.74 Å². The monoisotopic (exact) mass is 209 g/mol. The minimum atomic E-state index is -0.232. The highest BCUT2D eigenvalue weighted by Crippen LogP contribution is 2.00. The minimum absolute atomic E-state index is 0.220. The van der Waals surface area contributed by atoms with Crippen LogP contribution in [0.1, 0.15) is 6.92 Å². The zero-order valence-corrected chi connectivity index (χ0v) is 8.99. The summed E-state index contributed by atoms with van der Waals surface area (Å²) < 4.78 is 8.32. The number of allylic oxidation sites excluding steroid dienone is 1. The van der Waals surface area contributed by atoms with E-state index in [-0.39, 0.29) is 11.2 Å². The van der Waals surface area contributed by atoms with E-state index >= 15 is 0 Å². The highest BCUT2D eigenvalue weighted by atomic mass is 16.5. The SMILES string of the molecule is C=C=C(Cn1c(=O)c(N)cn1C)OCC. The van der Waals surface area contributed by atoms with E-state index in [0.29, 0.717) is 18.9 Å². The molecule has 0 aliphatic carbocycles. The van der Waals surface area contributed by atoms with Gasteiger partial charge in [0.2, 0.25) is 0 Å². The lowest BCUT2D eigenvalue weighted by molar-refractivity contribution is 0.207. The van der Waals surface area contributed by atoms with Crippen molar-refractivity contribution >= 4 is 5.69 Å². The van der Waals surface area contributed by atoms with E-state index in [4.69, 9.17) is 10.5 Å². The van der Waals surface area contributed by atoms with Crippen molar-refractivity contribution in [3.63, 3.8) is 0 Å². The molecule has 5 heteroatoms. The Kier molecular flexibility index (Phi) is 3.42. The number of hydrogen-bond donors (Lipinski definition) is 1. The molecule has 0 spiro atoms. The van der Waals surface area contributed by atoms with Crippen LogP contribution in [0.4, 0.5) is 5.69 Å². The minimum Gasteiger partial charge on any atom is -0.488 e. The summed E-state index contributed by atoms with van der Waals surface area (Å²) in [6, 6.07) is 0. The fourth-order valence-electron chi connectivity index (χ4n) is 1.26. The Balaban J connectivity index is 2.99. The van der Waals surface area contributed by atoms with E-state index < -0.39 is 0 Å². The average molecular weight is 209 g/mol. The van der Waals surface area contributed by atoms with Crippen molar-refractivity contribution in [2.45, 2.75) is 13.5 Å². The highest BCUT2D eigenvalue weighted by Gasteiger charge is 2.08. The van der Waals surface area contributed by atoms with Crippen molar-refractivity contribution in [1.82, 2.24) is 9.36 Å². The first-order chi connectivity index (χ1) is 7.10. The van der Waals surface area contributed by atoms with Gasteiger partial charge in [0.25, 0.3) is 5.56 Å². The fourth-order valence-corrected chi connectivity index (χ4v) is 1.26. The number of aromatic nitrogens is 2. The molecule has 0 atom stereocenters. The predicted molar refractivity (Wildman–Crippen MR) is 58.4 cm³/mol. The van der Waals surface area contributed by atoms with Crippen molar-refractivity contribution in [2.75, 3.05) is 12.3 Å². The van der Waals surface area contributed by atoms with E-state index in [0.717, 1.165) is 0 Å². The number of nitrogen functional groups attached to an aromatic ring is 1. The van der Waals surface area contributed by atoms with Crippen molar-refractivity contribution in [3.05, 3.63) is 34.6 Å². The van der Waals surface area contributed by atoms with Crippen LogP contribution in [0.15, 0.2) is 29.1 Å². The predicted octanol–water partition coefficient (Wildman–Crippen LogP) is 0.474. The summed E-state index contributed by atoms with van der Waals surface area (Å²) in [5.41, 5.74) is 8.13. The molecule has 1 aromatic rings. The van der Waals surface area contributed by atoms with Gasteiger partial charge < -0.3 is 10.5 Å². The standard InChI is InChI=1S/C10H15N3O2/c1-4-8(15-5-2)6-13-10(14)9(11)7-12(13)3/h7H,1,5-6,11H2,2-3H3. The topological polar surface area (TPSA) is 62.2 Å². The summed E-state index contributed by atoms with van der Waals surface area (Å²) in [4.78, 5) is 11.5. The second-order valence-electron chi connectivity index (χ2n) is 3.05. The Morgan fingerprint density at radius 3 is 2.80 bits per heavy atom. The molecular weight excluding hydrogens is 194 g/mol. The number of nitrogens with two attached hydrogens (primary N) is 1. The first-order valence-electron chi connectivity index (χ1n) is 4.63. The Bertz CT molecular complexity index is 450. The molecule has 2 N–H and O–H groups in total. The molecule has 0 amide bonds. The third-order valence-corrected chi connectivity index (χ3v) is 2.00. The first kappa shape index (κ1) is 11.2. The second kappa shape index (κ2) is 4.57. The Morgan fingerprint density at radius 1 is 1.73 bits per heavy atom. The second-order valence-corrected chi connectivity index (χ2v) is 3.05. The Labute approximate surface area is 88.0 Å². The number of hydrogen-bond acceptors (Lipinski definition) is 3. The lowest BCUT2D eigenvalue weighted by Gasteiger charge is -2.09. The van der Waals surface area contributed by atoms with Crippen LogP contribution in [-0.4, -0.2) is 16.0 Å². The fraction of sp³-hybridized carbons (Fsp3) is 0.400. The average Bonchev–Trinajstić information content (AvgIpc) is 2.44. The summed E-state index contributed by atoms with van der Waals surface area (Å²) in [5, 5.41) is 0. The van der Waals surface area contributed by atoms with Crippen LogP contribution in [0.3, 0.4) is 0 Å². The van der Waals surface area contributed by atoms with E-state index in [1.165, 1.54) is 4.68 Å². The number of ether oxygens (including phenoxy) is 1. The van der Waals surface area contributed by atoms with Gasteiger partial charge in [-0.05, 0) is 6.92 Å². The van der Waals surface area contributed by atoms with Crippen LogP contribution in [0.25, 0.3) is 0 Å². The van der Waals surface area contributed by atoms with E-state index in [1.54, 1.807) is 17.9 Å². The summed E-state index contributed by atoms with van der Waals surface area (Å²) in [7, 11) is 1.74. The molecule has 0 saturated heterocycles. The zero-order valence-electron chi connectivity index (χ0n) is 8.99. The largest absolute Gasteiger partial charge is 0.488 e. The van der Waals surface area contributed by atoms with E-state index in [2.05, 4.69) is 12.3 Å². The van der Waals surface area contributed by atoms with Gasteiger partial charge in [-0.3, -0.25) is 9.48 Å². The molecule has 0 bridgehead atoms. The zero-order chi connectivity index (χ0) is 11.4. The van der Waals surface area contributed by atoms with Crippen molar-refractivity contribution in [1.29, 1.82) is 0 Å². The van der Waals surface area contributed by atoms with Gasteiger partial charge >= 0.3 is 0 Å². The van der Waals surface area contributed by atoms with Crippen LogP contribution >= 0.6 is 0 Å². The summed E-state index contributed by atoms with van der Waals surface area (Å²) in [6.07, 6.45) is 1.56. The van der Waals surface area contributed by atoms with E-state index in [9.17, 15) is 4.79 Å². The maximum atomic E-state index is 11.5. The van der Waals surface area contributed by atoms with Crippen LogP contribution < -0.4 is 11.3 Å². The summed E-state index contributed by atoms with van der Waals surface area (Å²) >= 11 is 0. The molecule has 0 radical (unpaired) electrons. The molecule has 0 aliphatic rings. The third kappa shape index (κ3) is 2.33. The maximum Gasteiger partial charge on any atom is 0.290 e. The maximum absolute atomic E-state index is 11.5. The molecule has 5 nitrogen and oxygen atoms in total. The molecular formula is C10H15N3O2. The van der Waals surface area contributed by atoms with Gasteiger partial charge in [-0.2, -0.15) is 0 Å². The molecule has 1 heterocycles. The van der Waals surface area contributed by atoms with Gasteiger partial charge in [0.15, 0.2) is 5.76 Å². The lowest BCUT2D eigenvalue weighted by Crippen LogP contribution is -2.23. The molecule has 0 aromatic carbocycles. The Morgan fingerprint density at radius 2 is 2.40 bits per heavy atom. The summed E-state index contributed by atoms with van der Waals surface area (Å²) in [5.74, 6) is 0.529. The van der Waals surface area contributed by atoms with Crippen LogP contribution in [0, 0.1) is 0 Å². The molecule has 0 fully saturated rings. The van der Waals surface area contributed by atoms with Gasteiger partial charge in [0.05, 0.1) is 6.61 Å². The quantitative estimate of drug-likeness (QED) is 0.579. The summed E-state index contributed by atoms with van der Waals surface area (Å²) in [6.45, 7) is 6.18. The smallest absolute Gasteiger partial charge is 0.290 e. The molecule has 0 aliphatic heterocycles. The molecule has 1 aromatic heterocycles. The van der Waals surface area contributed by atoms with Gasteiger partial charge in [-0.25, -0.2) is 4.68 Å². The van der Waals surface area contributed by atoms with Crippen molar-refractivity contribution in [3.8, 4) is 0 Å². The lowest BCUT2D eigenvalue weighted by atomic mass is 10.5. The molecule has 15 heavy (non-hydrogen) atoms. The number of rotatable bonds is 4. The molecule has 1 rings (SSSR count). The van der Waals surface area contributed by atoms with Gasteiger partial charge in [-0.15, -0.1) is 0 Å². The number of aryl methyl sites for hydroxylation is 1. The van der Waals surface area contributed by atoms with Crippen LogP contribution in [-0.2, 0) is 18.3 Å². The van der Waals surface area contributed by atoms with Crippen LogP contribution in [0.5, 0.6) is 0 Å². The third-order valence-electron chi connectivity index (χ3n) is 2.00. The van der Waals surface area contributed by atoms with Crippen molar-refractivity contribution in [2.24, 2.45) is 7.05 Å². The Hall–Kier alpha value is -1.87. The van der Waals surface area contributed by atoms with Gasteiger partial charge in [0, 0.05) is 13.2 Å². The highest BCUT2D eigenvalue weighted by molar-refractivity contribution is 5.31. The first-order valence-corrected chi connectivity index (χ1v) is 4.63. The van der Waals surface area contributed by atoms with E-state index in [1.807, 2.05) is 6.92 Å². The molecule has 0 unspecified atom stereocenters. The number of nitrogens with zero attached hydrogens (tertiary/aromatic N) is 2. The van der Waals surface area contributed by atoms with Gasteiger partial charge in [-0.1, -0.05) is 12.3 Å². The van der Waals surface area contributed by atoms with Gasteiger partial charge in [0.1, 0.15) is 12.2 Å².